The average Bonchev–Trinajstić information content (AvgIpc) is 3.01. The largest absolute Gasteiger partial charge is 0.497 e. The number of hydrogen-bond acceptors (Lipinski definition) is 5. The van der Waals surface area contributed by atoms with Crippen molar-refractivity contribution < 1.29 is 19.1 Å². The van der Waals surface area contributed by atoms with Crippen molar-refractivity contribution in [2.75, 3.05) is 25.1 Å². The minimum atomic E-state index is -0.743. The van der Waals surface area contributed by atoms with E-state index in [0.29, 0.717) is 38.0 Å². The Hall–Kier alpha value is -3.53. The van der Waals surface area contributed by atoms with Gasteiger partial charge in [0.15, 0.2) is 0 Å². The van der Waals surface area contributed by atoms with Crippen molar-refractivity contribution in [3.05, 3.63) is 59.2 Å². The molecular formula is C26H29N3O4. The van der Waals surface area contributed by atoms with E-state index >= 15 is 0 Å². The molecular weight excluding hydrogens is 418 g/mol. The van der Waals surface area contributed by atoms with Crippen LogP contribution in [-0.4, -0.2) is 42.7 Å². The van der Waals surface area contributed by atoms with Gasteiger partial charge in [-0.25, -0.2) is 4.79 Å². The summed E-state index contributed by atoms with van der Waals surface area (Å²) in [6.07, 6.45) is 0.627. The first kappa shape index (κ1) is 22.7. The molecule has 0 aromatic heterocycles. The molecule has 0 aliphatic carbocycles. The van der Waals surface area contributed by atoms with Gasteiger partial charge in [0.1, 0.15) is 11.4 Å². The van der Waals surface area contributed by atoms with Crippen molar-refractivity contribution >= 4 is 17.7 Å². The summed E-state index contributed by atoms with van der Waals surface area (Å²) in [5.41, 5.74) is 1.92. The Balaban J connectivity index is 1.62. The van der Waals surface area contributed by atoms with E-state index in [9.17, 15) is 14.9 Å². The van der Waals surface area contributed by atoms with Crippen molar-refractivity contribution in [1.29, 1.82) is 5.26 Å². The van der Waals surface area contributed by atoms with Crippen LogP contribution >= 0.6 is 0 Å². The molecule has 4 rings (SSSR count). The Kier molecular flexibility index (Phi) is 5.79. The van der Waals surface area contributed by atoms with Crippen LogP contribution in [-0.2, 0) is 21.5 Å². The van der Waals surface area contributed by atoms with E-state index in [0.717, 1.165) is 22.6 Å². The molecule has 2 aliphatic rings. The molecule has 0 bridgehead atoms. The van der Waals surface area contributed by atoms with Crippen LogP contribution in [0.2, 0.25) is 0 Å². The molecule has 1 fully saturated rings. The second-order valence-electron chi connectivity index (χ2n) is 9.63. The number of likely N-dealkylation sites (tertiary alicyclic amines) is 1. The first-order chi connectivity index (χ1) is 15.7. The van der Waals surface area contributed by atoms with Crippen LogP contribution in [0.4, 0.5) is 10.5 Å². The molecule has 1 saturated heterocycles. The number of fused-ring (bicyclic) bond motifs is 2. The number of carbonyl (C=O) groups excluding carboxylic acids is 2. The smallest absolute Gasteiger partial charge is 0.410 e. The van der Waals surface area contributed by atoms with Crippen molar-refractivity contribution in [1.82, 2.24) is 4.90 Å². The first-order valence-corrected chi connectivity index (χ1v) is 11.1. The average molecular weight is 448 g/mol. The highest BCUT2D eigenvalue weighted by atomic mass is 16.6. The van der Waals surface area contributed by atoms with E-state index in [1.165, 1.54) is 0 Å². The molecule has 2 aromatic rings. The molecule has 0 radical (unpaired) electrons. The fourth-order valence-corrected chi connectivity index (χ4v) is 4.66. The Morgan fingerprint density at radius 1 is 1.12 bits per heavy atom. The van der Waals surface area contributed by atoms with Crippen LogP contribution in [0.3, 0.4) is 0 Å². The lowest BCUT2D eigenvalue weighted by atomic mass is 9.73. The van der Waals surface area contributed by atoms with Gasteiger partial charge in [-0.2, -0.15) is 5.26 Å². The van der Waals surface area contributed by atoms with Gasteiger partial charge < -0.3 is 19.3 Å². The van der Waals surface area contributed by atoms with Gasteiger partial charge in [-0.15, -0.1) is 0 Å². The van der Waals surface area contributed by atoms with Crippen molar-refractivity contribution in [3.8, 4) is 11.8 Å². The van der Waals surface area contributed by atoms with Gasteiger partial charge in [0.05, 0.1) is 30.7 Å². The van der Waals surface area contributed by atoms with Gasteiger partial charge in [0.2, 0.25) is 5.91 Å². The Morgan fingerprint density at radius 3 is 2.36 bits per heavy atom. The molecule has 2 aliphatic heterocycles. The van der Waals surface area contributed by atoms with E-state index in [4.69, 9.17) is 9.47 Å². The van der Waals surface area contributed by atoms with Crippen LogP contribution in [0.5, 0.6) is 5.75 Å². The highest BCUT2D eigenvalue weighted by molar-refractivity contribution is 6.08. The molecule has 2 aromatic carbocycles. The monoisotopic (exact) mass is 447 g/mol. The minimum absolute atomic E-state index is 0.0206. The van der Waals surface area contributed by atoms with E-state index in [2.05, 4.69) is 6.07 Å². The van der Waals surface area contributed by atoms with Crippen LogP contribution in [0.25, 0.3) is 0 Å². The number of anilines is 1. The number of hydrogen-bond donors (Lipinski definition) is 0. The number of amides is 2. The zero-order chi connectivity index (χ0) is 23.8. The standard InChI is InChI=1S/C26H29N3O4/c1-25(2,3)33-24(31)28-13-11-26(12-14-28)21-15-19(16-27)7-10-22(21)29(23(26)30)17-18-5-8-20(32-4)9-6-18/h5-10,15H,11-14,17H2,1-4H3. The summed E-state index contributed by atoms with van der Waals surface area (Å²) in [4.78, 5) is 29.9. The summed E-state index contributed by atoms with van der Waals surface area (Å²) in [6, 6.07) is 15.3. The number of benzene rings is 2. The van der Waals surface area contributed by atoms with E-state index in [-0.39, 0.29) is 12.0 Å². The third-order valence-electron chi connectivity index (χ3n) is 6.35. The van der Waals surface area contributed by atoms with Gasteiger partial charge in [0.25, 0.3) is 0 Å². The summed E-state index contributed by atoms with van der Waals surface area (Å²) in [6.45, 7) is 6.80. The fraction of sp³-hybridized carbons (Fsp3) is 0.423. The van der Waals surface area contributed by atoms with Crippen LogP contribution in [0, 0.1) is 11.3 Å². The first-order valence-electron chi connectivity index (χ1n) is 11.1. The molecule has 0 saturated carbocycles. The zero-order valence-electron chi connectivity index (χ0n) is 19.6. The van der Waals surface area contributed by atoms with Gasteiger partial charge in [-0.1, -0.05) is 12.1 Å². The zero-order valence-corrected chi connectivity index (χ0v) is 19.6. The quantitative estimate of drug-likeness (QED) is 0.697. The van der Waals surface area contributed by atoms with E-state index in [1.54, 1.807) is 23.0 Å². The second-order valence-corrected chi connectivity index (χ2v) is 9.63. The van der Waals surface area contributed by atoms with Crippen molar-refractivity contribution in [2.45, 2.75) is 51.2 Å². The molecule has 7 nitrogen and oxygen atoms in total. The van der Waals surface area contributed by atoms with Gasteiger partial charge in [-0.05, 0) is 75.1 Å². The van der Waals surface area contributed by atoms with Crippen molar-refractivity contribution in [3.63, 3.8) is 0 Å². The maximum absolute atomic E-state index is 13.9. The molecule has 2 amide bonds. The molecule has 0 atom stereocenters. The predicted octanol–water partition coefficient (Wildman–Crippen LogP) is 4.38. The number of nitrogens with zero attached hydrogens (tertiary/aromatic N) is 3. The van der Waals surface area contributed by atoms with Gasteiger partial charge in [-0.3, -0.25) is 4.79 Å². The summed E-state index contributed by atoms with van der Waals surface area (Å²) in [7, 11) is 1.62. The number of ether oxygens (including phenoxy) is 2. The third kappa shape index (κ3) is 4.25. The molecule has 0 N–H and O–H groups in total. The van der Waals surface area contributed by atoms with Gasteiger partial charge >= 0.3 is 6.09 Å². The second kappa shape index (κ2) is 8.43. The predicted molar refractivity (Wildman–Crippen MR) is 124 cm³/mol. The number of carbonyl (C=O) groups is 2. The SMILES string of the molecule is COc1ccc(CN2C(=O)C3(CCN(C(=O)OC(C)(C)C)CC3)c3cc(C#N)ccc32)cc1. The Morgan fingerprint density at radius 2 is 1.79 bits per heavy atom. The molecule has 172 valence electrons. The van der Waals surface area contributed by atoms with Crippen molar-refractivity contribution in [2.24, 2.45) is 0 Å². The number of nitriles is 1. The maximum Gasteiger partial charge on any atom is 0.410 e. The minimum Gasteiger partial charge on any atom is -0.497 e. The maximum atomic E-state index is 13.9. The molecule has 1 spiro atoms. The lowest BCUT2D eigenvalue weighted by Gasteiger charge is -2.39. The van der Waals surface area contributed by atoms with E-state index < -0.39 is 11.0 Å². The highest BCUT2D eigenvalue weighted by Crippen LogP contribution is 2.49. The van der Waals surface area contributed by atoms with Crippen LogP contribution < -0.4 is 9.64 Å². The summed E-state index contributed by atoms with van der Waals surface area (Å²) >= 11 is 0. The van der Waals surface area contributed by atoms with Crippen LogP contribution in [0.1, 0.15) is 50.3 Å². The normalized spacial score (nSPS) is 17.0. The number of rotatable bonds is 3. The lowest BCUT2D eigenvalue weighted by molar-refractivity contribution is -0.125. The summed E-state index contributed by atoms with van der Waals surface area (Å²) < 4.78 is 10.8. The molecule has 2 heterocycles. The fourth-order valence-electron chi connectivity index (χ4n) is 4.66. The van der Waals surface area contributed by atoms with Crippen LogP contribution in [0.15, 0.2) is 42.5 Å². The number of methoxy groups -OCH3 is 1. The lowest BCUT2D eigenvalue weighted by Crippen LogP contribution is -2.50. The Bertz CT molecular complexity index is 1100. The molecule has 33 heavy (non-hydrogen) atoms. The molecule has 7 heteroatoms. The van der Waals surface area contributed by atoms with Gasteiger partial charge in [0, 0.05) is 18.8 Å². The topological polar surface area (TPSA) is 82.9 Å². The van der Waals surface area contributed by atoms with E-state index in [1.807, 2.05) is 57.2 Å². The summed E-state index contributed by atoms with van der Waals surface area (Å²) in [5, 5.41) is 9.47. The molecule has 0 unspecified atom stereocenters. The summed E-state index contributed by atoms with van der Waals surface area (Å²) in [5.74, 6) is 0.781. The third-order valence-corrected chi connectivity index (χ3v) is 6.35. The number of piperidine rings is 1. The highest BCUT2D eigenvalue weighted by Gasteiger charge is 2.52. The Labute approximate surface area is 194 Å².